The van der Waals surface area contributed by atoms with E-state index in [4.69, 9.17) is 4.52 Å². The van der Waals surface area contributed by atoms with E-state index in [1.165, 1.54) is 19.3 Å². The fourth-order valence-corrected chi connectivity index (χ4v) is 3.17. The van der Waals surface area contributed by atoms with Crippen LogP contribution in [-0.4, -0.2) is 41.2 Å². The highest BCUT2D eigenvalue weighted by molar-refractivity contribution is 4.97. The smallest absolute Gasteiger partial charge is 0.226 e. The molecule has 1 unspecified atom stereocenters. The Kier molecular flexibility index (Phi) is 4.68. The third kappa shape index (κ3) is 3.20. The second-order valence-electron chi connectivity index (χ2n) is 6.14. The molecule has 1 aliphatic carbocycles. The SMILES string of the molecule is CCCC(c1noc(CC2CCC2)n1)N1CCNCC1. The van der Waals surface area contributed by atoms with E-state index in [0.29, 0.717) is 6.04 Å². The largest absolute Gasteiger partial charge is 0.339 e. The summed E-state index contributed by atoms with van der Waals surface area (Å²) >= 11 is 0. The molecule has 1 aromatic rings. The van der Waals surface area contributed by atoms with Crippen molar-refractivity contribution in [3.8, 4) is 0 Å². The Balaban J connectivity index is 1.66. The van der Waals surface area contributed by atoms with E-state index < -0.39 is 0 Å². The van der Waals surface area contributed by atoms with Crippen molar-refractivity contribution in [2.24, 2.45) is 5.92 Å². The van der Waals surface area contributed by atoms with E-state index in [9.17, 15) is 0 Å². The number of hydrogen-bond acceptors (Lipinski definition) is 5. The molecule has 0 spiro atoms. The number of hydrogen-bond donors (Lipinski definition) is 1. The molecular weight excluding hydrogens is 252 g/mol. The normalized spacial score (nSPS) is 22.6. The van der Waals surface area contributed by atoms with Gasteiger partial charge in [0.15, 0.2) is 5.82 Å². The first-order valence-electron chi connectivity index (χ1n) is 8.14. The molecule has 0 radical (unpaired) electrons. The number of nitrogens with zero attached hydrogens (tertiary/aromatic N) is 3. The van der Waals surface area contributed by atoms with Crippen LogP contribution >= 0.6 is 0 Å². The first kappa shape index (κ1) is 14.0. The predicted octanol–water partition coefficient (Wildman–Crippen LogP) is 2.16. The lowest BCUT2D eigenvalue weighted by molar-refractivity contribution is 0.155. The van der Waals surface area contributed by atoms with Crippen LogP contribution in [-0.2, 0) is 6.42 Å². The molecule has 20 heavy (non-hydrogen) atoms. The van der Waals surface area contributed by atoms with Crippen LogP contribution in [0, 0.1) is 5.92 Å². The second kappa shape index (κ2) is 6.68. The Morgan fingerprint density at radius 3 is 2.80 bits per heavy atom. The number of aromatic nitrogens is 2. The lowest BCUT2D eigenvalue weighted by atomic mass is 9.83. The van der Waals surface area contributed by atoms with Crippen LogP contribution in [0.5, 0.6) is 0 Å². The Hall–Kier alpha value is -0.940. The lowest BCUT2D eigenvalue weighted by Gasteiger charge is -2.33. The zero-order valence-corrected chi connectivity index (χ0v) is 12.5. The van der Waals surface area contributed by atoms with Crippen LogP contribution in [0.3, 0.4) is 0 Å². The average molecular weight is 278 g/mol. The Morgan fingerprint density at radius 1 is 1.35 bits per heavy atom. The summed E-state index contributed by atoms with van der Waals surface area (Å²) in [6, 6.07) is 0.334. The minimum atomic E-state index is 0.334. The Labute approximate surface area is 121 Å². The highest BCUT2D eigenvalue weighted by Gasteiger charge is 2.27. The van der Waals surface area contributed by atoms with Crippen LogP contribution in [0.15, 0.2) is 4.52 Å². The van der Waals surface area contributed by atoms with Crippen molar-refractivity contribution in [2.75, 3.05) is 26.2 Å². The molecule has 1 atom stereocenters. The number of piperazine rings is 1. The van der Waals surface area contributed by atoms with Crippen LogP contribution in [0.25, 0.3) is 0 Å². The maximum Gasteiger partial charge on any atom is 0.226 e. The molecule has 1 N–H and O–H groups in total. The van der Waals surface area contributed by atoms with Gasteiger partial charge in [-0.15, -0.1) is 0 Å². The average Bonchev–Trinajstić information content (AvgIpc) is 2.90. The van der Waals surface area contributed by atoms with Gasteiger partial charge in [0.2, 0.25) is 5.89 Å². The van der Waals surface area contributed by atoms with Gasteiger partial charge in [-0.05, 0) is 25.2 Å². The first-order valence-corrected chi connectivity index (χ1v) is 8.14. The van der Waals surface area contributed by atoms with Crippen LogP contribution in [0.2, 0.25) is 0 Å². The molecule has 0 bridgehead atoms. The van der Waals surface area contributed by atoms with Crippen LogP contribution in [0.1, 0.15) is 56.8 Å². The summed E-state index contributed by atoms with van der Waals surface area (Å²) in [5.74, 6) is 2.54. The summed E-state index contributed by atoms with van der Waals surface area (Å²) in [5, 5.41) is 7.68. The van der Waals surface area contributed by atoms with Gasteiger partial charge in [-0.3, -0.25) is 4.90 Å². The summed E-state index contributed by atoms with van der Waals surface area (Å²) in [5.41, 5.74) is 0. The van der Waals surface area contributed by atoms with Gasteiger partial charge in [0.1, 0.15) is 0 Å². The summed E-state index contributed by atoms with van der Waals surface area (Å²) in [6.07, 6.45) is 7.27. The van der Waals surface area contributed by atoms with Crippen LogP contribution in [0.4, 0.5) is 0 Å². The van der Waals surface area contributed by atoms with E-state index in [0.717, 1.165) is 63.1 Å². The third-order valence-corrected chi connectivity index (χ3v) is 4.62. The monoisotopic (exact) mass is 278 g/mol. The fourth-order valence-electron chi connectivity index (χ4n) is 3.17. The topological polar surface area (TPSA) is 54.2 Å². The molecule has 0 amide bonds. The van der Waals surface area contributed by atoms with E-state index in [2.05, 4.69) is 27.3 Å². The summed E-state index contributed by atoms with van der Waals surface area (Å²) in [4.78, 5) is 7.18. The van der Waals surface area contributed by atoms with Crippen LogP contribution < -0.4 is 5.32 Å². The van der Waals surface area contributed by atoms with Crippen molar-refractivity contribution in [2.45, 2.75) is 51.5 Å². The fraction of sp³-hybridized carbons (Fsp3) is 0.867. The molecule has 1 saturated carbocycles. The number of nitrogens with one attached hydrogen (secondary N) is 1. The van der Waals surface area contributed by atoms with Crippen molar-refractivity contribution in [3.05, 3.63) is 11.7 Å². The highest BCUT2D eigenvalue weighted by atomic mass is 16.5. The minimum absolute atomic E-state index is 0.334. The summed E-state index contributed by atoms with van der Waals surface area (Å²) in [6.45, 7) is 6.51. The molecule has 1 aromatic heterocycles. The molecule has 5 heteroatoms. The van der Waals surface area contributed by atoms with Gasteiger partial charge in [-0.2, -0.15) is 4.98 Å². The Bertz CT molecular complexity index is 410. The first-order chi connectivity index (χ1) is 9.86. The summed E-state index contributed by atoms with van der Waals surface area (Å²) in [7, 11) is 0. The van der Waals surface area contributed by atoms with Crippen molar-refractivity contribution >= 4 is 0 Å². The molecule has 2 heterocycles. The third-order valence-electron chi connectivity index (χ3n) is 4.62. The quantitative estimate of drug-likeness (QED) is 0.864. The van der Waals surface area contributed by atoms with Gasteiger partial charge >= 0.3 is 0 Å². The predicted molar refractivity (Wildman–Crippen MR) is 77.4 cm³/mol. The molecule has 5 nitrogen and oxygen atoms in total. The van der Waals surface area contributed by atoms with Gasteiger partial charge in [0.05, 0.1) is 6.04 Å². The molecule has 2 fully saturated rings. The number of rotatable bonds is 6. The van der Waals surface area contributed by atoms with E-state index in [1.54, 1.807) is 0 Å². The van der Waals surface area contributed by atoms with Crippen molar-refractivity contribution in [1.29, 1.82) is 0 Å². The Morgan fingerprint density at radius 2 is 2.15 bits per heavy atom. The molecule has 1 aliphatic heterocycles. The highest BCUT2D eigenvalue weighted by Crippen LogP contribution is 2.30. The van der Waals surface area contributed by atoms with Gasteiger partial charge in [0, 0.05) is 32.6 Å². The standard InChI is InChI=1S/C15H26N4O/c1-2-4-13(19-9-7-16-8-10-19)15-17-14(20-18-15)11-12-5-3-6-12/h12-13,16H,2-11H2,1H3. The van der Waals surface area contributed by atoms with Crippen molar-refractivity contribution < 1.29 is 4.52 Å². The van der Waals surface area contributed by atoms with E-state index in [-0.39, 0.29) is 0 Å². The lowest BCUT2D eigenvalue weighted by Crippen LogP contribution is -2.45. The summed E-state index contributed by atoms with van der Waals surface area (Å²) < 4.78 is 5.49. The zero-order chi connectivity index (χ0) is 13.8. The van der Waals surface area contributed by atoms with Gasteiger partial charge in [-0.25, -0.2) is 0 Å². The van der Waals surface area contributed by atoms with Crippen molar-refractivity contribution in [1.82, 2.24) is 20.4 Å². The zero-order valence-electron chi connectivity index (χ0n) is 12.5. The maximum absolute atomic E-state index is 5.49. The second-order valence-corrected chi connectivity index (χ2v) is 6.14. The van der Waals surface area contributed by atoms with E-state index >= 15 is 0 Å². The van der Waals surface area contributed by atoms with Gasteiger partial charge < -0.3 is 9.84 Å². The molecule has 112 valence electrons. The van der Waals surface area contributed by atoms with E-state index in [1.807, 2.05) is 0 Å². The molecule has 1 saturated heterocycles. The van der Waals surface area contributed by atoms with Crippen molar-refractivity contribution in [3.63, 3.8) is 0 Å². The maximum atomic E-state index is 5.49. The minimum Gasteiger partial charge on any atom is -0.339 e. The molecular formula is C15H26N4O. The molecule has 2 aliphatic rings. The van der Waals surface area contributed by atoms with Gasteiger partial charge in [0.25, 0.3) is 0 Å². The van der Waals surface area contributed by atoms with Gasteiger partial charge in [-0.1, -0.05) is 24.9 Å². The molecule has 3 rings (SSSR count). The molecule has 0 aromatic carbocycles.